The summed E-state index contributed by atoms with van der Waals surface area (Å²) in [5.41, 5.74) is 4.54. The number of aromatic nitrogens is 1. The van der Waals surface area contributed by atoms with Crippen molar-refractivity contribution < 1.29 is 0 Å². The van der Waals surface area contributed by atoms with Crippen LogP contribution in [-0.4, -0.2) is 19.1 Å². The Morgan fingerprint density at radius 3 is 2.44 bits per heavy atom. The fraction of sp³-hybridized carbons (Fsp3) is 0.308. The first-order chi connectivity index (χ1) is 7.49. The van der Waals surface area contributed by atoms with E-state index in [9.17, 15) is 0 Å². The Kier molecular flexibility index (Phi) is 2.89. The van der Waals surface area contributed by atoms with Crippen molar-refractivity contribution in [3.63, 3.8) is 0 Å². The number of hydrogen-bond donors (Lipinski definition) is 0. The SMILES string of the molecule is Cc1cc(Br)c2nc(C)cc(N(C)C)c2c1. The van der Waals surface area contributed by atoms with Crippen LogP contribution in [-0.2, 0) is 0 Å². The third-order valence-corrected chi connectivity index (χ3v) is 3.20. The normalized spacial score (nSPS) is 10.8. The average Bonchev–Trinajstić information content (AvgIpc) is 2.18. The first kappa shape index (κ1) is 11.4. The van der Waals surface area contributed by atoms with Gasteiger partial charge in [-0.3, -0.25) is 4.98 Å². The number of fused-ring (bicyclic) bond motifs is 1. The van der Waals surface area contributed by atoms with Gasteiger partial charge in [0, 0.05) is 35.3 Å². The zero-order valence-corrected chi connectivity index (χ0v) is 11.6. The van der Waals surface area contributed by atoms with Crippen LogP contribution in [0.2, 0.25) is 0 Å². The predicted octanol–water partition coefficient (Wildman–Crippen LogP) is 3.68. The maximum atomic E-state index is 4.59. The van der Waals surface area contributed by atoms with E-state index in [4.69, 9.17) is 0 Å². The Hall–Kier alpha value is -1.09. The topological polar surface area (TPSA) is 16.1 Å². The van der Waals surface area contributed by atoms with Gasteiger partial charge in [-0.05, 0) is 53.5 Å². The molecular formula is C13H15BrN2. The van der Waals surface area contributed by atoms with Crippen molar-refractivity contribution in [2.24, 2.45) is 0 Å². The first-order valence-electron chi connectivity index (χ1n) is 5.24. The number of aryl methyl sites for hydroxylation is 2. The largest absolute Gasteiger partial charge is 0.377 e. The molecule has 0 fully saturated rings. The van der Waals surface area contributed by atoms with E-state index in [0.29, 0.717) is 0 Å². The van der Waals surface area contributed by atoms with Crippen LogP contribution in [0.4, 0.5) is 5.69 Å². The molecule has 0 spiro atoms. The van der Waals surface area contributed by atoms with Crippen LogP contribution in [0.25, 0.3) is 10.9 Å². The lowest BCUT2D eigenvalue weighted by molar-refractivity contribution is 1.12. The van der Waals surface area contributed by atoms with E-state index in [-0.39, 0.29) is 0 Å². The van der Waals surface area contributed by atoms with E-state index in [1.54, 1.807) is 0 Å². The van der Waals surface area contributed by atoms with Gasteiger partial charge in [-0.2, -0.15) is 0 Å². The van der Waals surface area contributed by atoms with Gasteiger partial charge in [-0.15, -0.1) is 0 Å². The summed E-state index contributed by atoms with van der Waals surface area (Å²) in [4.78, 5) is 6.71. The molecule has 0 amide bonds. The number of benzene rings is 1. The van der Waals surface area contributed by atoms with Gasteiger partial charge >= 0.3 is 0 Å². The highest BCUT2D eigenvalue weighted by molar-refractivity contribution is 9.10. The fourth-order valence-electron chi connectivity index (χ4n) is 1.90. The summed E-state index contributed by atoms with van der Waals surface area (Å²) in [6, 6.07) is 6.41. The highest BCUT2D eigenvalue weighted by Crippen LogP contribution is 2.31. The number of halogens is 1. The van der Waals surface area contributed by atoms with Gasteiger partial charge < -0.3 is 4.90 Å². The molecule has 2 aromatic rings. The van der Waals surface area contributed by atoms with Crippen LogP contribution in [0, 0.1) is 13.8 Å². The molecule has 1 heterocycles. The maximum Gasteiger partial charge on any atom is 0.0868 e. The summed E-state index contributed by atoms with van der Waals surface area (Å²) in [6.07, 6.45) is 0. The number of pyridine rings is 1. The second-order valence-electron chi connectivity index (χ2n) is 4.32. The minimum atomic E-state index is 1.04. The van der Waals surface area contributed by atoms with Crippen LogP contribution < -0.4 is 4.90 Å². The van der Waals surface area contributed by atoms with Crippen LogP contribution in [0.5, 0.6) is 0 Å². The highest BCUT2D eigenvalue weighted by Gasteiger charge is 2.09. The molecule has 1 aromatic carbocycles. The maximum absolute atomic E-state index is 4.59. The van der Waals surface area contributed by atoms with E-state index in [1.807, 2.05) is 6.92 Å². The van der Waals surface area contributed by atoms with Crippen LogP contribution in [0.15, 0.2) is 22.7 Å². The lowest BCUT2D eigenvalue weighted by Crippen LogP contribution is -2.10. The van der Waals surface area contributed by atoms with E-state index in [2.05, 4.69) is 65.0 Å². The predicted molar refractivity (Wildman–Crippen MR) is 73.2 cm³/mol. The molecule has 0 atom stereocenters. The molecule has 3 heteroatoms. The molecule has 2 nitrogen and oxygen atoms in total. The first-order valence-corrected chi connectivity index (χ1v) is 6.03. The second kappa shape index (κ2) is 4.06. The lowest BCUT2D eigenvalue weighted by Gasteiger charge is -2.17. The van der Waals surface area contributed by atoms with Crippen molar-refractivity contribution in [3.8, 4) is 0 Å². The summed E-state index contributed by atoms with van der Waals surface area (Å²) in [5.74, 6) is 0. The van der Waals surface area contributed by atoms with Crippen molar-refractivity contribution in [2.75, 3.05) is 19.0 Å². The molecule has 1 aromatic heterocycles. The highest BCUT2D eigenvalue weighted by atomic mass is 79.9. The minimum Gasteiger partial charge on any atom is -0.377 e. The minimum absolute atomic E-state index is 1.04. The zero-order valence-electron chi connectivity index (χ0n) is 10.0. The summed E-state index contributed by atoms with van der Waals surface area (Å²) in [5, 5.41) is 1.20. The third-order valence-electron chi connectivity index (χ3n) is 2.60. The van der Waals surface area contributed by atoms with Crippen molar-refractivity contribution in [1.82, 2.24) is 4.98 Å². The number of anilines is 1. The summed E-state index contributed by atoms with van der Waals surface area (Å²) < 4.78 is 1.06. The number of hydrogen-bond acceptors (Lipinski definition) is 2. The van der Waals surface area contributed by atoms with Gasteiger partial charge in [-0.1, -0.05) is 0 Å². The summed E-state index contributed by atoms with van der Waals surface area (Å²) in [7, 11) is 4.12. The van der Waals surface area contributed by atoms with Gasteiger partial charge in [0.2, 0.25) is 0 Å². The second-order valence-corrected chi connectivity index (χ2v) is 5.17. The third kappa shape index (κ3) is 1.92. The number of nitrogens with zero attached hydrogens (tertiary/aromatic N) is 2. The molecule has 0 bridgehead atoms. The molecule has 0 aliphatic heterocycles. The molecule has 0 saturated carbocycles. The molecule has 0 aliphatic rings. The molecular weight excluding hydrogens is 264 g/mol. The van der Waals surface area contributed by atoms with E-state index in [0.717, 1.165) is 15.7 Å². The van der Waals surface area contributed by atoms with Gasteiger partial charge in [0.15, 0.2) is 0 Å². The van der Waals surface area contributed by atoms with E-state index < -0.39 is 0 Å². The molecule has 0 saturated heterocycles. The molecule has 16 heavy (non-hydrogen) atoms. The molecule has 0 radical (unpaired) electrons. The van der Waals surface area contributed by atoms with Crippen molar-refractivity contribution in [3.05, 3.63) is 33.9 Å². The Morgan fingerprint density at radius 1 is 1.12 bits per heavy atom. The Morgan fingerprint density at radius 2 is 1.81 bits per heavy atom. The van der Waals surface area contributed by atoms with Crippen molar-refractivity contribution in [1.29, 1.82) is 0 Å². The molecule has 0 N–H and O–H groups in total. The van der Waals surface area contributed by atoms with E-state index >= 15 is 0 Å². The fourth-order valence-corrected chi connectivity index (χ4v) is 2.56. The van der Waals surface area contributed by atoms with Gasteiger partial charge in [0.1, 0.15) is 0 Å². The average molecular weight is 279 g/mol. The van der Waals surface area contributed by atoms with Crippen LogP contribution in [0.1, 0.15) is 11.3 Å². The quantitative estimate of drug-likeness (QED) is 0.791. The monoisotopic (exact) mass is 278 g/mol. The van der Waals surface area contributed by atoms with E-state index in [1.165, 1.54) is 16.6 Å². The van der Waals surface area contributed by atoms with Gasteiger partial charge in [-0.25, -0.2) is 0 Å². The van der Waals surface area contributed by atoms with Crippen molar-refractivity contribution >= 4 is 32.5 Å². The molecule has 0 unspecified atom stereocenters. The Bertz CT molecular complexity index is 547. The molecule has 0 aliphatic carbocycles. The Balaban J connectivity index is 2.89. The summed E-state index contributed by atoms with van der Waals surface area (Å²) in [6.45, 7) is 4.13. The Labute approximate surface area is 104 Å². The van der Waals surface area contributed by atoms with Gasteiger partial charge in [0.25, 0.3) is 0 Å². The zero-order chi connectivity index (χ0) is 11.9. The molecule has 84 valence electrons. The number of rotatable bonds is 1. The van der Waals surface area contributed by atoms with Crippen LogP contribution >= 0.6 is 15.9 Å². The lowest BCUT2D eigenvalue weighted by atomic mass is 10.1. The van der Waals surface area contributed by atoms with Gasteiger partial charge in [0.05, 0.1) is 5.52 Å². The standard InChI is InChI=1S/C13H15BrN2/c1-8-5-10-12(16(3)4)7-9(2)15-13(10)11(14)6-8/h5-7H,1-4H3. The summed E-state index contributed by atoms with van der Waals surface area (Å²) >= 11 is 3.58. The smallest absolute Gasteiger partial charge is 0.0868 e. The molecule has 2 rings (SSSR count). The van der Waals surface area contributed by atoms with Crippen molar-refractivity contribution in [2.45, 2.75) is 13.8 Å². The van der Waals surface area contributed by atoms with Crippen LogP contribution in [0.3, 0.4) is 0 Å².